The molecule has 1 atom stereocenters. The molecule has 0 rings (SSSR count). The molecule has 96 valence electrons. The first-order valence-electron chi connectivity index (χ1n) is 6.23. The fourth-order valence-corrected chi connectivity index (χ4v) is 2.54. The molecular formula is C13H26O3. The van der Waals surface area contributed by atoms with Gasteiger partial charge in [-0.15, -0.1) is 0 Å². The van der Waals surface area contributed by atoms with Crippen molar-refractivity contribution >= 4 is 5.97 Å². The summed E-state index contributed by atoms with van der Waals surface area (Å²) in [5.41, 5.74) is -0.912. The Hall–Kier alpha value is -0.570. The Morgan fingerprint density at radius 1 is 1.25 bits per heavy atom. The number of aliphatic hydroxyl groups is 1. The van der Waals surface area contributed by atoms with Crippen molar-refractivity contribution in [2.24, 2.45) is 11.8 Å². The highest BCUT2D eigenvalue weighted by Gasteiger charge is 2.42. The Balaban J connectivity index is 5.00. The van der Waals surface area contributed by atoms with Gasteiger partial charge in [-0.25, -0.2) is 0 Å². The van der Waals surface area contributed by atoms with Crippen LogP contribution in [-0.4, -0.2) is 23.8 Å². The first-order valence-corrected chi connectivity index (χ1v) is 6.23. The minimum absolute atomic E-state index is 0.0931. The van der Waals surface area contributed by atoms with Crippen LogP contribution in [-0.2, 0) is 9.53 Å². The Bertz CT molecular complexity index is 205. The lowest BCUT2D eigenvalue weighted by Gasteiger charge is -2.36. The van der Waals surface area contributed by atoms with E-state index in [0.717, 1.165) is 12.8 Å². The fraction of sp³-hybridized carbons (Fsp3) is 0.923. The lowest BCUT2D eigenvalue weighted by Crippen LogP contribution is -2.45. The van der Waals surface area contributed by atoms with Crippen LogP contribution in [0.25, 0.3) is 0 Å². The summed E-state index contributed by atoms with van der Waals surface area (Å²) in [7, 11) is 1.38. The molecule has 3 nitrogen and oxygen atoms in total. The zero-order valence-electron chi connectivity index (χ0n) is 11.2. The summed E-state index contributed by atoms with van der Waals surface area (Å²) in [5.74, 6) is -0.618. The van der Waals surface area contributed by atoms with Crippen molar-refractivity contribution in [2.75, 3.05) is 7.11 Å². The van der Waals surface area contributed by atoms with Crippen molar-refractivity contribution in [3.05, 3.63) is 0 Å². The number of hydrogen-bond donors (Lipinski definition) is 1. The van der Waals surface area contributed by atoms with E-state index in [0.29, 0.717) is 12.8 Å². The Morgan fingerprint density at radius 2 is 1.69 bits per heavy atom. The average molecular weight is 230 g/mol. The highest BCUT2D eigenvalue weighted by Crippen LogP contribution is 2.34. The standard InChI is InChI=1S/C13H26O3/c1-6-8-13(15,9-7-2)11(10(3)4)12(14)16-5/h10-11,15H,6-9H2,1-5H3. The van der Waals surface area contributed by atoms with Gasteiger partial charge in [0.15, 0.2) is 0 Å². The lowest BCUT2D eigenvalue weighted by molar-refractivity contribution is -0.161. The average Bonchev–Trinajstić information content (AvgIpc) is 2.17. The third-order valence-electron chi connectivity index (χ3n) is 3.07. The van der Waals surface area contributed by atoms with Crippen LogP contribution in [0, 0.1) is 11.8 Å². The Labute approximate surface area is 99.2 Å². The molecule has 0 aliphatic carbocycles. The zero-order valence-corrected chi connectivity index (χ0v) is 11.2. The van der Waals surface area contributed by atoms with Gasteiger partial charge in [-0.05, 0) is 18.8 Å². The highest BCUT2D eigenvalue weighted by molar-refractivity contribution is 5.74. The van der Waals surface area contributed by atoms with Crippen LogP contribution >= 0.6 is 0 Å². The van der Waals surface area contributed by atoms with Gasteiger partial charge < -0.3 is 9.84 Å². The van der Waals surface area contributed by atoms with Crippen molar-refractivity contribution in [1.29, 1.82) is 0 Å². The second-order valence-corrected chi connectivity index (χ2v) is 4.85. The molecular weight excluding hydrogens is 204 g/mol. The number of methoxy groups -OCH3 is 1. The molecule has 1 N–H and O–H groups in total. The fourth-order valence-electron chi connectivity index (χ4n) is 2.54. The third kappa shape index (κ3) is 3.78. The van der Waals surface area contributed by atoms with Gasteiger partial charge in [0.1, 0.15) is 0 Å². The molecule has 1 unspecified atom stereocenters. The van der Waals surface area contributed by atoms with E-state index in [1.165, 1.54) is 7.11 Å². The zero-order chi connectivity index (χ0) is 12.8. The monoisotopic (exact) mass is 230 g/mol. The summed E-state index contributed by atoms with van der Waals surface area (Å²) in [5, 5.41) is 10.6. The normalized spacial score (nSPS) is 13.9. The molecule has 0 fully saturated rings. The number of carbonyl (C=O) groups is 1. The van der Waals surface area contributed by atoms with Crippen LogP contribution in [0.15, 0.2) is 0 Å². The molecule has 0 aromatic rings. The van der Waals surface area contributed by atoms with Gasteiger partial charge in [-0.1, -0.05) is 40.5 Å². The van der Waals surface area contributed by atoms with E-state index in [-0.39, 0.29) is 11.9 Å². The predicted molar refractivity (Wildman–Crippen MR) is 65.1 cm³/mol. The van der Waals surface area contributed by atoms with Gasteiger partial charge >= 0.3 is 5.97 Å². The van der Waals surface area contributed by atoms with Gasteiger partial charge in [0.25, 0.3) is 0 Å². The van der Waals surface area contributed by atoms with E-state index < -0.39 is 11.5 Å². The van der Waals surface area contributed by atoms with Gasteiger partial charge in [0, 0.05) is 0 Å². The molecule has 0 saturated carbocycles. The third-order valence-corrected chi connectivity index (χ3v) is 3.07. The van der Waals surface area contributed by atoms with E-state index >= 15 is 0 Å². The number of esters is 1. The smallest absolute Gasteiger partial charge is 0.311 e. The van der Waals surface area contributed by atoms with Crippen molar-refractivity contribution < 1.29 is 14.6 Å². The molecule has 0 radical (unpaired) electrons. The number of rotatable bonds is 7. The van der Waals surface area contributed by atoms with Gasteiger partial charge in [0.05, 0.1) is 18.6 Å². The molecule has 3 heteroatoms. The quantitative estimate of drug-likeness (QED) is 0.684. The lowest BCUT2D eigenvalue weighted by atomic mass is 9.74. The summed E-state index contributed by atoms with van der Waals surface area (Å²) in [6.07, 6.45) is 3.05. The van der Waals surface area contributed by atoms with Crippen LogP contribution in [0.4, 0.5) is 0 Å². The Kier molecular flexibility index (Phi) is 6.65. The highest BCUT2D eigenvalue weighted by atomic mass is 16.5. The van der Waals surface area contributed by atoms with Crippen molar-refractivity contribution in [3.8, 4) is 0 Å². The van der Waals surface area contributed by atoms with Gasteiger partial charge in [0.2, 0.25) is 0 Å². The second-order valence-electron chi connectivity index (χ2n) is 4.85. The van der Waals surface area contributed by atoms with Crippen LogP contribution in [0.3, 0.4) is 0 Å². The minimum atomic E-state index is -0.912. The Morgan fingerprint density at radius 3 is 1.94 bits per heavy atom. The topological polar surface area (TPSA) is 46.5 Å². The molecule has 0 bridgehead atoms. The van der Waals surface area contributed by atoms with Crippen molar-refractivity contribution in [1.82, 2.24) is 0 Å². The summed E-state index contributed by atoms with van der Waals surface area (Å²) in [6, 6.07) is 0. The van der Waals surface area contributed by atoms with Crippen molar-refractivity contribution in [2.45, 2.75) is 59.0 Å². The van der Waals surface area contributed by atoms with Crippen LogP contribution in [0.5, 0.6) is 0 Å². The maximum Gasteiger partial charge on any atom is 0.311 e. The molecule has 0 aliphatic heterocycles. The van der Waals surface area contributed by atoms with E-state index in [4.69, 9.17) is 4.74 Å². The van der Waals surface area contributed by atoms with Gasteiger partial charge in [-0.2, -0.15) is 0 Å². The van der Waals surface area contributed by atoms with E-state index in [1.807, 2.05) is 27.7 Å². The number of hydrogen-bond acceptors (Lipinski definition) is 3. The molecule has 0 aromatic heterocycles. The summed E-state index contributed by atoms with van der Waals surface area (Å²) in [6.45, 7) is 7.96. The SMILES string of the molecule is CCCC(O)(CCC)C(C(=O)OC)C(C)C. The largest absolute Gasteiger partial charge is 0.469 e. The van der Waals surface area contributed by atoms with Crippen molar-refractivity contribution in [3.63, 3.8) is 0 Å². The first kappa shape index (κ1) is 15.4. The molecule has 0 aliphatic rings. The summed E-state index contributed by atoms with van der Waals surface area (Å²) >= 11 is 0. The van der Waals surface area contributed by atoms with Crippen LogP contribution < -0.4 is 0 Å². The summed E-state index contributed by atoms with van der Waals surface area (Å²) in [4.78, 5) is 11.8. The van der Waals surface area contributed by atoms with Crippen LogP contribution in [0.1, 0.15) is 53.4 Å². The number of ether oxygens (including phenoxy) is 1. The molecule has 0 heterocycles. The minimum Gasteiger partial charge on any atom is -0.469 e. The second kappa shape index (κ2) is 6.89. The molecule has 16 heavy (non-hydrogen) atoms. The van der Waals surface area contributed by atoms with E-state index in [2.05, 4.69) is 0 Å². The maximum atomic E-state index is 11.8. The molecule has 0 saturated heterocycles. The van der Waals surface area contributed by atoms with Crippen LogP contribution in [0.2, 0.25) is 0 Å². The summed E-state index contributed by atoms with van der Waals surface area (Å²) < 4.78 is 4.81. The molecule has 0 amide bonds. The van der Waals surface area contributed by atoms with Gasteiger partial charge in [-0.3, -0.25) is 4.79 Å². The number of carbonyl (C=O) groups excluding carboxylic acids is 1. The maximum absolute atomic E-state index is 11.8. The first-order chi connectivity index (χ1) is 7.42. The predicted octanol–water partition coefficient (Wildman–Crippen LogP) is 2.76. The molecule has 0 aromatic carbocycles. The van der Waals surface area contributed by atoms with E-state index in [9.17, 15) is 9.90 Å². The van der Waals surface area contributed by atoms with E-state index in [1.54, 1.807) is 0 Å². The molecule has 0 spiro atoms.